The van der Waals surface area contributed by atoms with E-state index >= 15 is 0 Å². The Morgan fingerprint density at radius 1 is 1.08 bits per heavy atom. The molecule has 2 unspecified atom stereocenters. The fourth-order valence-corrected chi connectivity index (χ4v) is 5.45. The summed E-state index contributed by atoms with van der Waals surface area (Å²) >= 11 is 12.3. The van der Waals surface area contributed by atoms with E-state index < -0.39 is 12.2 Å². The van der Waals surface area contributed by atoms with Gasteiger partial charge >= 0.3 is 6.03 Å². The molecule has 0 saturated carbocycles. The number of amides is 4. The number of hydrogen-bond acceptors (Lipinski definition) is 4. The van der Waals surface area contributed by atoms with Gasteiger partial charge in [-0.25, -0.2) is 9.80 Å². The Morgan fingerprint density at radius 2 is 1.87 bits per heavy atom. The number of piperazine rings is 1. The van der Waals surface area contributed by atoms with E-state index in [9.17, 15) is 14.4 Å². The predicted octanol–water partition coefficient (Wildman–Crippen LogP) is 2.92. The number of carbonyl (C=O) groups is 3. The number of nitrogens with zero attached hydrogens (tertiary/aromatic N) is 4. The van der Waals surface area contributed by atoms with E-state index in [2.05, 4.69) is 11.2 Å². The lowest BCUT2D eigenvalue weighted by molar-refractivity contribution is -0.149. The van der Waals surface area contributed by atoms with Crippen LogP contribution in [0.25, 0.3) is 10.8 Å². The summed E-state index contributed by atoms with van der Waals surface area (Å²) in [6, 6.07) is 13.6. The second-order valence-electron chi connectivity index (χ2n) is 9.42. The number of nitrogens with one attached hydrogen (secondary N) is 1. The van der Waals surface area contributed by atoms with Crippen molar-refractivity contribution in [2.24, 2.45) is 0 Å². The number of terminal acetylenes is 1. The van der Waals surface area contributed by atoms with E-state index in [1.165, 1.54) is 9.91 Å². The maximum Gasteiger partial charge on any atom is 0.333 e. The highest BCUT2D eigenvalue weighted by Gasteiger charge is 2.47. The van der Waals surface area contributed by atoms with Gasteiger partial charge in [-0.2, -0.15) is 5.01 Å². The van der Waals surface area contributed by atoms with Crippen LogP contribution in [-0.4, -0.2) is 87.3 Å². The van der Waals surface area contributed by atoms with Gasteiger partial charge in [0, 0.05) is 13.1 Å². The van der Waals surface area contributed by atoms with Crippen molar-refractivity contribution >= 4 is 51.8 Å². The average Bonchev–Trinajstić information content (AvgIpc) is 3.22. The van der Waals surface area contributed by atoms with Crippen molar-refractivity contribution in [2.75, 3.05) is 32.7 Å². The summed E-state index contributed by atoms with van der Waals surface area (Å²) in [5, 5.41) is 7.37. The highest BCUT2D eigenvalue weighted by molar-refractivity contribution is 6.31. The fraction of sp³-hybridized carbons (Fsp3) is 0.321. The number of fused-ring (bicyclic) bond motifs is 2. The Kier molecular flexibility index (Phi) is 7.61. The van der Waals surface area contributed by atoms with Gasteiger partial charge in [-0.05, 0) is 21.9 Å². The van der Waals surface area contributed by atoms with Crippen molar-refractivity contribution in [2.45, 2.75) is 23.5 Å². The van der Waals surface area contributed by atoms with Crippen molar-refractivity contribution in [3.05, 3.63) is 71.8 Å². The number of hydrazine groups is 1. The molecule has 8 nitrogen and oxygen atoms in total. The van der Waals surface area contributed by atoms with Gasteiger partial charge < -0.3 is 15.1 Å². The number of allylic oxidation sites excluding steroid dienone is 2. The van der Waals surface area contributed by atoms with Crippen LogP contribution in [0.3, 0.4) is 0 Å². The second kappa shape index (κ2) is 11.1. The number of carbonyl (C=O) groups excluding carboxylic acids is 3. The van der Waals surface area contributed by atoms with Gasteiger partial charge in [-0.1, -0.05) is 66.6 Å². The molecule has 1 N–H and O–H groups in total. The smallest absolute Gasteiger partial charge is 0.333 e. The van der Waals surface area contributed by atoms with Crippen LogP contribution >= 0.6 is 23.2 Å². The Balaban J connectivity index is 1.32. The first kappa shape index (κ1) is 26.1. The number of hydrogen-bond donors (Lipinski definition) is 1. The first-order valence-corrected chi connectivity index (χ1v) is 13.2. The third-order valence-corrected chi connectivity index (χ3v) is 7.95. The lowest BCUT2D eigenvalue weighted by atomic mass is 10.0. The zero-order chi connectivity index (χ0) is 26.8. The molecule has 10 heteroatoms. The van der Waals surface area contributed by atoms with Crippen molar-refractivity contribution in [1.82, 2.24) is 25.1 Å². The van der Waals surface area contributed by atoms with E-state index in [1.54, 1.807) is 22.1 Å². The van der Waals surface area contributed by atoms with Gasteiger partial charge in [0.2, 0.25) is 11.8 Å². The first-order valence-electron chi connectivity index (χ1n) is 12.3. The van der Waals surface area contributed by atoms with Crippen LogP contribution in [0.5, 0.6) is 0 Å². The van der Waals surface area contributed by atoms with Crippen LogP contribution in [0.2, 0.25) is 0 Å². The van der Waals surface area contributed by atoms with Crippen LogP contribution in [-0.2, 0) is 16.1 Å². The van der Waals surface area contributed by atoms with Gasteiger partial charge in [-0.15, -0.1) is 29.6 Å². The van der Waals surface area contributed by atoms with Gasteiger partial charge in [0.05, 0.1) is 30.4 Å². The highest BCUT2D eigenvalue weighted by Crippen LogP contribution is 2.27. The third kappa shape index (κ3) is 5.23. The minimum absolute atomic E-state index is 0.0303. The second-order valence-corrected chi connectivity index (χ2v) is 10.4. The third-order valence-electron chi connectivity index (χ3n) is 7.01. The summed E-state index contributed by atoms with van der Waals surface area (Å²) in [5.74, 6) is 2.15. The van der Waals surface area contributed by atoms with E-state index in [0.717, 1.165) is 21.9 Å². The molecular formula is C28H27Cl2N5O3. The monoisotopic (exact) mass is 551 g/mol. The van der Waals surface area contributed by atoms with Crippen LogP contribution < -0.4 is 5.32 Å². The molecule has 2 saturated heterocycles. The molecule has 0 bridgehead atoms. The van der Waals surface area contributed by atoms with Crippen molar-refractivity contribution in [3.8, 4) is 12.3 Å². The van der Waals surface area contributed by atoms with Crippen molar-refractivity contribution < 1.29 is 14.4 Å². The topological polar surface area (TPSA) is 76.2 Å². The molecule has 2 fully saturated rings. The van der Waals surface area contributed by atoms with E-state index in [0.29, 0.717) is 6.54 Å². The highest BCUT2D eigenvalue weighted by atomic mass is 35.5. The normalized spacial score (nSPS) is 23.3. The zero-order valence-corrected chi connectivity index (χ0v) is 22.1. The predicted molar refractivity (Wildman–Crippen MR) is 147 cm³/mol. The molecule has 4 amide bonds. The summed E-state index contributed by atoms with van der Waals surface area (Å²) in [5.41, 5.74) is 1.84. The molecule has 3 aliphatic rings. The van der Waals surface area contributed by atoms with Crippen LogP contribution in [0, 0.1) is 12.3 Å². The molecule has 0 spiro atoms. The van der Waals surface area contributed by atoms with E-state index in [-0.39, 0.29) is 55.3 Å². The molecule has 5 rings (SSSR count). The molecule has 2 aromatic rings. The largest absolute Gasteiger partial charge is 0.333 e. The summed E-state index contributed by atoms with van der Waals surface area (Å²) in [6.07, 6.45) is 10.5. The Hall–Kier alpha value is -3.51. The number of halogens is 2. The van der Waals surface area contributed by atoms with E-state index in [4.69, 9.17) is 29.6 Å². The average molecular weight is 552 g/mol. The standard InChI is InChI=1S/C28H27Cl2N5O3/c1-2-12-34(28(38)31-14-19-10-11-23(29)24(30)13-19)35-18-27(37)33-17-26(36)32(16-25(33)35)15-21-8-5-7-20-6-3-4-9-22(20)21/h1,3-11,13,23-25H,12,14-18H2,(H,31,38)/t23?,24?,25-/m0/s1. The minimum atomic E-state index is -0.507. The maximum atomic E-state index is 13.2. The molecule has 0 aromatic heterocycles. The summed E-state index contributed by atoms with van der Waals surface area (Å²) < 4.78 is 0. The molecule has 38 heavy (non-hydrogen) atoms. The quantitative estimate of drug-likeness (QED) is 0.442. The van der Waals surface area contributed by atoms with Crippen LogP contribution in [0.4, 0.5) is 4.79 Å². The molecule has 1 aliphatic carbocycles. The minimum Gasteiger partial charge on any atom is -0.333 e. The van der Waals surface area contributed by atoms with Gasteiger partial charge in [0.15, 0.2) is 0 Å². The lowest BCUT2D eigenvalue weighted by Gasteiger charge is -2.42. The summed E-state index contributed by atoms with van der Waals surface area (Å²) in [6.45, 7) is 0.749. The molecular weight excluding hydrogens is 525 g/mol. The Labute approximate surface area is 231 Å². The summed E-state index contributed by atoms with van der Waals surface area (Å²) in [4.78, 5) is 42.4. The van der Waals surface area contributed by atoms with E-state index in [1.807, 2.05) is 48.5 Å². The van der Waals surface area contributed by atoms with Gasteiger partial charge in [-0.3, -0.25) is 9.59 Å². The van der Waals surface area contributed by atoms with Crippen LogP contribution in [0.15, 0.2) is 66.3 Å². The number of alkyl halides is 2. The maximum absolute atomic E-state index is 13.2. The fourth-order valence-electron chi connectivity index (χ4n) is 5.05. The van der Waals surface area contributed by atoms with Crippen molar-refractivity contribution in [3.63, 3.8) is 0 Å². The number of benzene rings is 2. The van der Waals surface area contributed by atoms with Crippen LogP contribution in [0.1, 0.15) is 5.56 Å². The molecule has 2 aromatic carbocycles. The molecule has 2 heterocycles. The number of rotatable bonds is 6. The lowest BCUT2D eigenvalue weighted by Crippen LogP contribution is -2.62. The van der Waals surface area contributed by atoms with Gasteiger partial charge in [0.1, 0.15) is 12.7 Å². The Bertz CT molecular complexity index is 1360. The molecule has 196 valence electrons. The first-order chi connectivity index (χ1) is 18.4. The molecule has 0 radical (unpaired) electrons. The van der Waals surface area contributed by atoms with Gasteiger partial charge in [0.25, 0.3) is 0 Å². The Morgan fingerprint density at radius 3 is 2.66 bits per heavy atom. The molecule has 3 atom stereocenters. The zero-order valence-electron chi connectivity index (χ0n) is 20.6. The molecule has 2 aliphatic heterocycles. The SMILES string of the molecule is C#CCN(C(=O)NCC1=CC(Cl)C(Cl)C=C1)N1CC(=O)N2CC(=O)N(Cc3cccc4ccccc34)C[C@@H]21. The number of urea groups is 1. The van der Waals surface area contributed by atoms with Crippen molar-refractivity contribution in [1.29, 1.82) is 0 Å². The summed E-state index contributed by atoms with van der Waals surface area (Å²) in [7, 11) is 0.